The minimum Gasteiger partial charge on any atom is -0.391 e. The lowest BCUT2D eigenvalue weighted by atomic mass is 10.0. The molecule has 2 amide bonds. The van der Waals surface area contributed by atoms with Crippen LogP contribution in [0.3, 0.4) is 0 Å². The first-order chi connectivity index (χ1) is 10.2. The molecule has 1 fully saturated rings. The van der Waals surface area contributed by atoms with Crippen LogP contribution in [-0.2, 0) is 4.74 Å². The average Bonchev–Trinajstić information content (AvgIpc) is 3.30. The van der Waals surface area contributed by atoms with Crippen molar-refractivity contribution in [1.29, 1.82) is 0 Å². The summed E-state index contributed by atoms with van der Waals surface area (Å²) in [5, 5.41) is 15.4. The second-order valence-corrected chi connectivity index (χ2v) is 5.52. The number of benzene rings is 1. The van der Waals surface area contributed by atoms with Crippen LogP contribution in [0, 0.1) is 5.92 Å². The maximum atomic E-state index is 12.0. The largest absolute Gasteiger partial charge is 0.391 e. The molecule has 5 heteroatoms. The summed E-state index contributed by atoms with van der Waals surface area (Å²) in [4.78, 5) is 12.0. The van der Waals surface area contributed by atoms with Gasteiger partial charge in [0.25, 0.3) is 0 Å². The first-order valence-corrected chi connectivity index (χ1v) is 7.47. The smallest absolute Gasteiger partial charge is 0.315 e. The third kappa shape index (κ3) is 5.36. The van der Waals surface area contributed by atoms with Gasteiger partial charge in [0.2, 0.25) is 0 Å². The highest BCUT2D eigenvalue weighted by molar-refractivity contribution is 5.74. The van der Waals surface area contributed by atoms with Gasteiger partial charge >= 0.3 is 6.03 Å². The van der Waals surface area contributed by atoms with E-state index in [-0.39, 0.29) is 18.7 Å². The summed E-state index contributed by atoms with van der Waals surface area (Å²) in [6.45, 7) is 0.723. The fourth-order valence-corrected chi connectivity index (χ4v) is 2.38. The number of aliphatic hydroxyl groups excluding tert-OH is 1. The van der Waals surface area contributed by atoms with Crippen molar-refractivity contribution in [2.45, 2.75) is 31.4 Å². The van der Waals surface area contributed by atoms with E-state index in [2.05, 4.69) is 10.6 Å². The number of hydrogen-bond acceptors (Lipinski definition) is 3. The Bertz CT molecular complexity index is 434. The Morgan fingerprint density at radius 1 is 1.38 bits per heavy atom. The lowest BCUT2D eigenvalue weighted by molar-refractivity contribution is 0.0598. The van der Waals surface area contributed by atoms with Crippen molar-refractivity contribution in [3.63, 3.8) is 0 Å². The van der Waals surface area contributed by atoms with E-state index in [1.807, 2.05) is 30.3 Å². The quantitative estimate of drug-likeness (QED) is 0.684. The molecule has 0 bridgehead atoms. The van der Waals surface area contributed by atoms with Gasteiger partial charge < -0.3 is 20.5 Å². The van der Waals surface area contributed by atoms with Crippen LogP contribution in [0.15, 0.2) is 30.3 Å². The van der Waals surface area contributed by atoms with Gasteiger partial charge in [0, 0.05) is 13.7 Å². The molecule has 0 radical (unpaired) electrons. The summed E-state index contributed by atoms with van der Waals surface area (Å²) >= 11 is 0. The molecule has 3 N–H and O–H groups in total. The van der Waals surface area contributed by atoms with Crippen LogP contribution in [0.1, 0.15) is 30.9 Å². The first-order valence-electron chi connectivity index (χ1n) is 7.47. The SMILES string of the molecule is COCC(O)CCNC(=O)NC(c1ccccc1)C1CC1. The van der Waals surface area contributed by atoms with Crippen LogP contribution < -0.4 is 10.6 Å². The molecule has 21 heavy (non-hydrogen) atoms. The summed E-state index contributed by atoms with van der Waals surface area (Å²) < 4.78 is 4.84. The molecule has 1 aliphatic carbocycles. The Kier molecular flexibility index (Phi) is 6.02. The summed E-state index contributed by atoms with van der Waals surface area (Å²) in [6, 6.07) is 9.95. The second-order valence-electron chi connectivity index (χ2n) is 5.52. The van der Waals surface area contributed by atoms with Crippen LogP contribution >= 0.6 is 0 Å². The van der Waals surface area contributed by atoms with Gasteiger partial charge in [0.15, 0.2) is 0 Å². The number of nitrogens with one attached hydrogen (secondary N) is 2. The highest BCUT2D eigenvalue weighted by atomic mass is 16.5. The van der Waals surface area contributed by atoms with Gasteiger partial charge in [-0.2, -0.15) is 0 Å². The summed E-state index contributed by atoms with van der Waals surface area (Å²) in [7, 11) is 1.55. The van der Waals surface area contributed by atoms with Crippen molar-refractivity contribution in [2.24, 2.45) is 5.92 Å². The summed E-state index contributed by atoms with van der Waals surface area (Å²) in [5.41, 5.74) is 1.15. The van der Waals surface area contributed by atoms with E-state index >= 15 is 0 Å². The molecular formula is C16H24N2O3. The topological polar surface area (TPSA) is 70.6 Å². The van der Waals surface area contributed by atoms with Gasteiger partial charge in [0.05, 0.1) is 18.8 Å². The molecule has 2 atom stereocenters. The highest BCUT2D eigenvalue weighted by Gasteiger charge is 2.33. The average molecular weight is 292 g/mol. The lowest BCUT2D eigenvalue weighted by Crippen LogP contribution is -2.40. The van der Waals surface area contributed by atoms with Gasteiger partial charge in [-0.1, -0.05) is 30.3 Å². The minimum absolute atomic E-state index is 0.0788. The van der Waals surface area contributed by atoms with E-state index in [1.54, 1.807) is 7.11 Å². The number of amides is 2. The Morgan fingerprint density at radius 2 is 2.10 bits per heavy atom. The molecule has 1 aliphatic rings. The summed E-state index contributed by atoms with van der Waals surface area (Å²) in [5.74, 6) is 0.539. The predicted octanol–water partition coefficient (Wildman–Crippen LogP) is 1.83. The van der Waals surface area contributed by atoms with E-state index in [0.29, 0.717) is 18.9 Å². The van der Waals surface area contributed by atoms with Crippen molar-refractivity contribution in [1.82, 2.24) is 10.6 Å². The van der Waals surface area contributed by atoms with Gasteiger partial charge in [-0.15, -0.1) is 0 Å². The molecule has 1 aromatic carbocycles. The zero-order chi connectivity index (χ0) is 15.1. The molecule has 2 unspecified atom stereocenters. The van der Waals surface area contributed by atoms with Gasteiger partial charge in [-0.3, -0.25) is 0 Å². The molecule has 0 saturated heterocycles. The lowest BCUT2D eigenvalue weighted by Gasteiger charge is -2.19. The van der Waals surface area contributed by atoms with Crippen molar-refractivity contribution < 1.29 is 14.6 Å². The van der Waals surface area contributed by atoms with Gasteiger partial charge in [-0.25, -0.2) is 4.79 Å². The van der Waals surface area contributed by atoms with E-state index in [4.69, 9.17) is 4.74 Å². The van der Waals surface area contributed by atoms with Crippen molar-refractivity contribution >= 4 is 6.03 Å². The fraction of sp³-hybridized carbons (Fsp3) is 0.562. The van der Waals surface area contributed by atoms with Crippen LogP contribution in [0.5, 0.6) is 0 Å². The molecular weight excluding hydrogens is 268 g/mol. The molecule has 116 valence electrons. The van der Waals surface area contributed by atoms with E-state index < -0.39 is 6.10 Å². The van der Waals surface area contributed by atoms with E-state index in [0.717, 1.165) is 18.4 Å². The Labute approximate surface area is 125 Å². The standard InChI is InChI=1S/C16H24N2O3/c1-21-11-14(19)9-10-17-16(20)18-15(13-7-8-13)12-5-3-2-4-6-12/h2-6,13-15,19H,7-11H2,1H3,(H2,17,18,20). The molecule has 0 aromatic heterocycles. The van der Waals surface area contributed by atoms with Crippen LogP contribution in [0.25, 0.3) is 0 Å². The maximum Gasteiger partial charge on any atom is 0.315 e. The molecule has 0 heterocycles. The van der Waals surface area contributed by atoms with Crippen LogP contribution in [0.2, 0.25) is 0 Å². The number of urea groups is 1. The van der Waals surface area contributed by atoms with Crippen molar-refractivity contribution in [3.8, 4) is 0 Å². The monoisotopic (exact) mass is 292 g/mol. The summed E-state index contributed by atoms with van der Waals surface area (Å²) in [6.07, 6.45) is 2.27. The number of methoxy groups -OCH3 is 1. The number of rotatable bonds is 8. The zero-order valence-corrected chi connectivity index (χ0v) is 12.4. The first kappa shape index (κ1) is 15.8. The Hall–Kier alpha value is -1.59. The van der Waals surface area contributed by atoms with E-state index in [9.17, 15) is 9.90 Å². The molecule has 1 saturated carbocycles. The van der Waals surface area contributed by atoms with Crippen LogP contribution in [0.4, 0.5) is 4.79 Å². The molecule has 0 aliphatic heterocycles. The predicted molar refractivity (Wildman–Crippen MR) is 80.9 cm³/mol. The minimum atomic E-state index is -0.538. The number of carbonyl (C=O) groups excluding carboxylic acids is 1. The number of aliphatic hydroxyl groups is 1. The van der Waals surface area contributed by atoms with Gasteiger partial charge in [-0.05, 0) is 30.7 Å². The second kappa shape index (κ2) is 8.00. The third-order valence-corrected chi connectivity index (χ3v) is 3.66. The maximum absolute atomic E-state index is 12.0. The zero-order valence-electron chi connectivity index (χ0n) is 12.4. The molecule has 1 aromatic rings. The van der Waals surface area contributed by atoms with E-state index in [1.165, 1.54) is 0 Å². The normalized spacial score (nSPS) is 17.0. The van der Waals surface area contributed by atoms with Crippen molar-refractivity contribution in [3.05, 3.63) is 35.9 Å². The van der Waals surface area contributed by atoms with Gasteiger partial charge in [0.1, 0.15) is 0 Å². The third-order valence-electron chi connectivity index (χ3n) is 3.66. The Balaban J connectivity index is 1.77. The number of hydrogen-bond donors (Lipinski definition) is 3. The molecule has 5 nitrogen and oxygen atoms in total. The molecule has 0 spiro atoms. The van der Waals surface area contributed by atoms with Crippen LogP contribution in [-0.4, -0.2) is 37.5 Å². The Morgan fingerprint density at radius 3 is 2.71 bits per heavy atom. The fourth-order valence-electron chi connectivity index (χ4n) is 2.38. The number of carbonyl (C=O) groups is 1. The molecule has 2 rings (SSSR count). The number of ether oxygens (including phenoxy) is 1. The highest BCUT2D eigenvalue weighted by Crippen LogP contribution is 2.40. The van der Waals surface area contributed by atoms with Crippen molar-refractivity contribution in [2.75, 3.05) is 20.3 Å².